The number of ether oxygens (including phenoxy) is 1. The minimum Gasteiger partial charge on any atom is -0.493 e. The van der Waals surface area contributed by atoms with Crippen molar-refractivity contribution >= 4 is 5.96 Å². The third-order valence-electron chi connectivity index (χ3n) is 4.52. The molecule has 0 saturated heterocycles. The highest BCUT2D eigenvalue weighted by Gasteiger charge is 2.11. The van der Waals surface area contributed by atoms with Crippen molar-refractivity contribution < 1.29 is 4.74 Å². The van der Waals surface area contributed by atoms with Gasteiger partial charge in [0.25, 0.3) is 0 Å². The Labute approximate surface area is 146 Å². The molecular weight excluding hydrogens is 300 g/mol. The molecule has 0 spiro atoms. The van der Waals surface area contributed by atoms with Crippen LogP contribution in [-0.4, -0.2) is 57.2 Å². The summed E-state index contributed by atoms with van der Waals surface area (Å²) in [4.78, 5) is 6.73. The number of aliphatic imine (C=N–C) groups is 1. The minimum absolute atomic E-state index is 0.821. The summed E-state index contributed by atoms with van der Waals surface area (Å²) in [5.74, 6) is 1.94. The van der Waals surface area contributed by atoms with Gasteiger partial charge in [-0.25, -0.2) is 0 Å². The van der Waals surface area contributed by atoms with Gasteiger partial charge >= 0.3 is 0 Å². The van der Waals surface area contributed by atoms with E-state index in [1.807, 2.05) is 7.05 Å². The third-order valence-corrected chi connectivity index (χ3v) is 4.52. The fraction of sp³-hybridized carbons (Fsp3) is 0.632. The Morgan fingerprint density at radius 2 is 2.00 bits per heavy atom. The lowest BCUT2D eigenvalue weighted by Gasteiger charge is -2.18. The maximum absolute atomic E-state index is 5.55. The van der Waals surface area contributed by atoms with Crippen molar-refractivity contribution in [3.8, 4) is 5.75 Å². The first-order chi connectivity index (χ1) is 11.8. The van der Waals surface area contributed by atoms with E-state index in [1.54, 1.807) is 0 Å². The maximum Gasteiger partial charge on any atom is 0.190 e. The maximum atomic E-state index is 5.55. The van der Waals surface area contributed by atoms with E-state index in [1.165, 1.54) is 11.1 Å². The average Bonchev–Trinajstić information content (AvgIpc) is 3.08. The highest BCUT2D eigenvalue weighted by atomic mass is 16.5. The SMILES string of the molecule is CCN(CC)CCCNC(=NC)NCCc1ccc2c(c1)CCO2. The van der Waals surface area contributed by atoms with Crippen LogP contribution in [-0.2, 0) is 12.8 Å². The number of benzene rings is 1. The first-order valence-corrected chi connectivity index (χ1v) is 9.18. The van der Waals surface area contributed by atoms with Crippen molar-refractivity contribution in [2.75, 3.05) is 46.4 Å². The van der Waals surface area contributed by atoms with Gasteiger partial charge in [0, 0.05) is 26.6 Å². The summed E-state index contributed by atoms with van der Waals surface area (Å²) in [5.41, 5.74) is 2.69. The molecule has 0 radical (unpaired) electrons. The summed E-state index contributed by atoms with van der Waals surface area (Å²) in [6.07, 6.45) is 3.16. The van der Waals surface area contributed by atoms with E-state index in [0.29, 0.717) is 0 Å². The Kier molecular flexibility index (Phi) is 7.89. The molecule has 24 heavy (non-hydrogen) atoms. The molecule has 134 valence electrons. The smallest absolute Gasteiger partial charge is 0.190 e. The molecule has 0 unspecified atom stereocenters. The quantitative estimate of drug-likeness (QED) is 0.413. The van der Waals surface area contributed by atoms with E-state index < -0.39 is 0 Å². The first-order valence-electron chi connectivity index (χ1n) is 9.18. The number of nitrogens with zero attached hydrogens (tertiary/aromatic N) is 2. The Balaban J connectivity index is 1.65. The summed E-state index contributed by atoms with van der Waals surface area (Å²) < 4.78 is 5.55. The van der Waals surface area contributed by atoms with Gasteiger partial charge in [0.2, 0.25) is 0 Å². The van der Waals surface area contributed by atoms with Gasteiger partial charge in [-0.2, -0.15) is 0 Å². The molecule has 0 fully saturated rings. The monoisotopic (exact) mass is 332 g/mol. The van der Waals surface area contributed by atoms with Crippen LogP contribution in [0.5, 0.6) is 5.75 Å². The zero-order chi connectivity index (χ0) is 17.2. The molecule has 1 aliphatic rings. The molecule has 0 bridgehead atoms. The van der Waals surface area contributed by atoms with Crippen LogP contribution in [0.25, 0.3) is 0 Å². The largest absolute Gasteiger partial charge is 0.493 e. The molecule has 0 saturated carbocycles. The normalized spacial score (nSPS) is 13.8. The second kappa shape index (κ2) is 10.2. The van der Waals surface area contributed by atoms with Gasteiger partial charge in [0.15, 0.2) is 5.96 Å². The van der Waals surface area contributed by atoms with Crippen LogP contribution >= 0.6 is 0 Å². The molecule has 1 aliphatic heterocycles. The van der Waals surface area contributed by atoms with Crippen molar-refractivity contribution in [3.05, 3.63) is 29.3 Å². The van der Waals surface area contributed by atoms with E-state index in [0.717, 1.165) is 70.3 Å². The van der Waals surface area contributed by atoms with E-state index in [-0.39, 0.29) is 0 Å². The van der Waals surface area contributed by atoms with Crippen LogP contribution < -0.4 is 15.4 Å². The first kappa shape index (κ1) is 18.6. The number of nitrogens with one attached hydrogen (secondary N) is 2. The van der Waals surface area contributed by atoms with Gasteiger partial charge in [-0.15, -0.1) is 0 Å². The Morgan fingerprint density at radius 1 is 1.21 bits per heavy atom. The molecular formula is C19H32N4O. The van der Waals surface area contributed by atoms with Gasteiger partial charge in [-0.05, 0) is 49.7 Å². The lowest BCUT2D eigenvalue weighted by molar-refractivity contribution is 0.300. The number of hydrogen-bond donors (Lipinski definition) is 2. The molecule has 1 heterocycles. The standard InChI is InChI=1S/C19H32N4O/c1-4-23(5-2)13-6-11-21-19(20-3)22-12-9-16-7-8-18-17(15-16)10-14-24-18/h7-8,15H,4-6,9-14H2,1-3H3,(H2,20,21,22). The Bertz CT molecular complexity index is 526. The van der Waals surface area contributed by atoms with Crippen LogP contribution in [0.15, 0.2) is 23.2 Å². The summed E-state index contributed by atoms with van der Waals surface area (Å²) in [7, 11) is 1.83. The summed E-state index contributed by atoms with van der Waals surface area (Å²) in [6.45, 7) is 10.5. The fourth-order valence-electron chi connectivity index (χ4n) is 2.99. The van der Waals surface area contributed by atoms with Gasteiger partial charge in [-0.3, -0.25) is 4.99 Å². The van der Waals surface area contributed by atoms with Crippen LogP contribution in [0.2, 0.25) is 0 Å². The predicted octanol–water partition coefficient (Wildman–Crippen LogP) is 2.06. The van der Waals surface area contributed by atoms with E-state index in [9.17, 15) is 0 Å². The number of hydrogen-bond acceptors (Lipinski definition) is 3. The van der Waals surface area contributed by atoms with E-state index in [4.69, 9.17) is 4.74 Å². The third kappa shape index (κ3) is 5.71. The Morgan fingerprint density at radius 3 is 2.75 bits per heavy atom. The lowest BCUT2D eigenvalue weighted by atomic mass is 10.1. The highest BCUT2D eigenvalue weighted by molar-refractivity contribution is 5.79. The minimum atomic E-state index is 0.821. The van der Waals surface area contributed by atoms with Gasteiger partial charge < -0.3 is 20.3 Å². The van der Waals surface area contributed by atoms with E-state index in [2.05, 4.69) is 52.6 Å². The second-order valence-electron chi connectivity index (χ2n) is 6.10. The van der Waals surface area contributed by atoms with Crippen molar-refractivity contribution in [3.63, 3.8) is 0 Å². The molecule has 5 heteroatoms. The molecule has 2 rings (SSSR count). The molecule has 1 aromatic carbocycles. The van der Waals surface area contributed by atoms with Crippen LogP contribution in [0.4, 0.5) is 0 Å². The number of fused-ring (bicyclic) bond motifs is 1. The predicted molar refractivity (Wildman–Crippen MR) is 101 cm³/mol. The number of guanidine groups is 1. The zero-order valence-corrected chi connectivity index (χ0v) is 15.4. The zero-order valence-electron chi connectivity index (χ0n) is 15.4. The van der Waals surface area contributed by atoms with Crippen molar-refractivity contribution in [2.45, 2.75) is 33.1 Å². The molecule has 5 nitrogen and oxygen atoms in total. The van der Waals surface area contributed by atoms with Crippen LogP contribution in [0.1, 0.15) is 31.4 Å². The van der Waals surface area contributed by atoms with Crippen molar-refractivity contribution in [1.29, 1.82) is 0 Å². The molecule has 0 aliphatic carbocycles. The van der Waals surface area contributed by atoms with Crippen LogP contribution in [0, 0.1) is 0 Å². The highest BCUT2D eigenvalue weighted by Crippen LogP contribution is 2.25. The molecule has 2 N–H and O–H groups in total. The van der Waals surface area contributed by atoms with Crippen LogP contribution in [0.3, 0.4) is 0 Å². The lowest BCUT2D eigenvalue weighted by Crippen LogP contribution is -2.39. The van der Waals surface area contributed by atoms with E-state index >= 15 is 0 Å². The van der Waals surface area contributed by atoms with Crippen molar-refractivity contribution in [2.24, 2.45) is 4.99 Å². The Hall–Kier alpha value is -1.75. The topological polar surface area (TPSA) is 48.9 Å². The fourth-order valence-corrected chi connectivity index (χ4v) is 2.99. The summed E-state index contributed by atoms with van der Waals surface area (Å²) in [5, 5.41) is 6.79. The van der Waals surface area contributed by atoms with Gasteiger partial charge in [-0.1, -0.05) is 26.0 Å². The van der Waals surface area contributed by atoms with Gasteiger partial charge in [0.05, 0.1) is 6.61 Å². The van der Waals surface area contributed by atoms with Crippen molar-refractivity contribution in [1.82, 2.24) is 15.5 Å². The summed E-state index contributed by atoms with van der Waals surface area (Å²) >= 11 is 0. The molecule has 0 atom stereocenters. The number of rotatable bonds is 9. The molecule has 1 aromatic rings. The average molecular weight is 332 g/mol. The molecule has 0 aromatic heterocycles. The summed E-state index contributed by atoms with van der Waals surface area (Å²) in [6, 6.07) is 6.52. The van der Waals surface area contributed by atoms with Gasteiger partial charge in [0.1, 0.15) is 5.75 Å². The second-order valence-corrected chi connectivity index (χ2v) is 6.10. The molecule has 0 amide bonds.